The number of carboxylic acid groups (broad SMARTS) is 1. The predicted molar refractivity (Wildman–Crippen MR) is 108 cm³/mol. The highest BCUT2D eigenvalue weighted by Crippen LogP contribution is 2.29. The minimum Gasteiger partial charge on any atom is -0.493 e. The summed E-state index contributed by atoms with van der Waals surface area (Å²) < 4.78 is 5.92. The molecule has 0 radical (unpaired) electrons. The van der Waals surface area contributed by atoms with Crippen LogP contribution in [0.5, 0.6) is 5.75 Å². The van der Waals surface area contributed by atoms with Crippen LogP contribution in [0.4, 0.5) is 5.69 Å². The number of nitrogens with two attached hydrogens (primary N) is 1. The van der Waals surface area contributed by atoms with E-state index in [1.54, 1.807) is 0 Å². The maximum absolute atomic E-state index is 8.36. The molecule has 3 N–H and O–H groups in total. The van der Waals surface area contributed by atoms with E-state index >= 15 is 0 Å². The lowest BCUT2D eigenvalue weighted by Crippen LogP contribution is -2.21. The molecule has 4 rings (SSSR count). The van der Waals surface area contributed by atoms with Crippen LogP contribution in [0.1, 0.15) is 19.3 Å². The molecule has 1 aromatic heterocycles. The molecule has 0 amide bonds. The molecule has 6 heteroatoms. The summed E-state index contributed by atoms with van der Waals surface area (Å²) in [4.78, 5) is 15.6. The van der Waals surface area contributed by atoms with Gasteiger partial charge in [0.05, 0.1) is 17.6 Å². The lowest BCUT2D eigenvalue weighted by molar-refractivity contribution is -0.122. The van der Waals surface area contributed by atoms with Gasteiger partial charge in [-0.25, -0.2) is 4.98 Å². The number of rotatable bonds is 5. The van der Waals surface area contributed by atoms with Gasteiger partial charge in [0.25, 0.3) is 6.47 Å². The van der Waals surface area contributed by atoms with Crippen LogP contribution in [0.25, 0.3) is 21.8 Å². The third kappa shape index (κ3) is 4.86. The average Bonchev–Trinajstić information content (AvgIpc) is 3.18. The zero-order chi connectivity index (χ0) is 19.1. The van der Waals surface area contributed by atoms with Crippen LogP contribution >= 0.6 is 0 Å². The Balaban J connectivity index is 0.000000659. The number of hydrogen-bond acceptors (Lipinski definition) is 5. The van der Waals surface area contributed by atoms with Crippen LogP contribution in [-0.4, -0.2) is 47.7 Å². The Morgan fingerprint density at radius 2 is 1.89 bits per heavy atom. The fourth-order valence-corrected chi connectivity index (χ4v) is 3.45. The number of para-hydroxylation sites is 1. The van der Waals surface area contributed by atoms with Crippen LogP contribution in [-0.2, 0) is 4.79 Å². The number of aromatic nitrogens is 1. The second-order valence-corrected chi connectivity index (χ2v) is 6.62. The van der Waals surface area contributed by atoms with E-state index in [2.05, 4.69) is 17.0 Å². The maximum atomic E-state index is 8.36. The van der Waals surface area contributed by atoms with Crippen molar-refractivity contribution in [3.8, 4) is 5.75 Å². The van der Waals surface area contributed by atoms with Gasteiger partial charge in [-0.1, -0.05) is 18.2 Å². The van der Waals surface area contributed by atoms with Crippen molar-refractivity contribution >= 4 is 34.0 Å². The van der Waals surface area contributed by atoms with E-state index in [9.17, 15) is 0 Å². The number of benzene rings is 2. The van der Waals surface area contributed by atoms with E-state index in [1.165, 1.54) is 25.9 Å². The predicted octanol–water partition coefficient (Wildman–Crippen LogP) is 3.54. The first-order valence-corrected chi connectivity index (χ1v) is 9.23. The van der Waals surface area contributed by atoms with Crippen LogP contribution in [0.15, 0.2) is 42.5 Å². The number of fused-ring (bicyclic) bond motifs is 2. The first kappa shape index (κ1) is 18.9. The zero-order valence-electron chi connectivity index (χ0n) is 15.3. The first-order valence-electron chi connectivity index (χ1n) is 9.23. The fourth-order valence-electron chi connectivity index (χ4n) is 3.45. The number of likely N-dealkylation sites (tertiary alicyclic amines) is 1. The Kier molecular flexibility index (Phi) is 6.44. The molecular formula is C21H25N3O3. The highest BCUT2D eigenvalue weighted by atomic mass is 16.5. The number of carbonyl (C=O) groups is 1. The van der Waals surface area contributed by atoms with Gasteiger partial charge in [0.15, 0.2) is 0 Å². The van der Waals surface area contributed by atoms with Crippen LogP contribution < -0.4 is 10.5 Å². The molecule has 0 spiro atoms. The SMILES string of the molecule is Nc1cc(OCCCN2CCCC2)cc2nc3ccccc3cc12.O=CO. The van der Waals surface area contributed by atoms with Gasteiger partial charge in [0, 0.05) is 35.1 Å². The summed E-state index contributed by atoms with van der Waals surface area (Å²) in [7, 11) is 0. The van der Waals surface area contributed by atoms with Gasteiger partial charge in [-0.2, -0.15) is 0 Å². The van der Waals surface area contributed by atoms with Crippen LogP contribution in [0.2, 0.25) is 0 Å². The van der Waals surface area contributed by atoms with Gasteiger partial charge in [-0.15, -0.1) is 0 Å². The summed E-state index contributed by atoms with van der Waals surface area (Å²) in [6.45, 7) is 4.06. The molecule has 1 aliphatic heterocycles. The third-order valence-electron chi connectivity index (χ3n) is 4.73. The number of hydrogen-bond donors (Lipinski definition) is 2. The Morgan fingerprint density at radius 1 is 1.15 bits per heavy atom. The van der Waals surface area contributed by atoms with Crippen molar-refractivity contribution in [1.29, 1.82) is 0 Å². The van der Waals surface area contributed by atoms with Gasteiger partial charge >= 0.3 is 0 Å². The van der Waals surface area contributed by atoms with Gasteiger partial charge in [-0.3, -0.25) is 4.79 Å². The molecular weight excluding hydrogens is 342 g/mol. The minimum atomic E-state index is -0.250. The van der Waals surface area contributed by atoms with Crippen molar-refractivity contribution < 1.29 is 14.6 Å². The Morgan fingerprint density at radius 3 is 2.67 bits per heavy atom. The van der Waals surface area contributed by atoms with E-state index < -0.39 is 0 Å². The Labute approximate surface area is 158 Å². The third-order valence-corrected chi connectivity index (χ3v) is 4.73. The molecule has 2 aromatic carbocycles. The monoisotopic (exact) mass is 367 g/mol. The minimum absolute atomic E-state index is 0.250. The lowest BCUT2D eigenvalue weighted by atomic mass is 10.1. The number of ether oxygens (including phenoxy) is 1. The summed E-state index contributed by atoms with van der Waals surface area (Å²) in [5.41, 5.74) is 8.82. The molecule has 1 saturated heterocycles. The molecule has 27 heavy (non-hydrogen) atoms. The number of nitrogens with zero attached hydrogens (tertiary/aromatic N) is 2. The molecule has 2 heterocycles. The highest BCUT2D eigenvalue weighted by molar-refractivity contribution is 5.99. The normalized spacial score (nSPS) is 14.1. The summed E-state index contributed by atoms with van der Waals surface area (Å²) in [6, 6.07) is 14.1. The zero-order valence-corrected chi connectivity index (χ0v) is 15.3. The quantitative estimate of drug-likeness (QED) is 0.310. The van der Waals surface area contributed by atoms with Gasteiger partial charge in [-0.05, 0) is 44.5 Å². The van der Waals surface area contributed by atoms with Crippen LogP contribution in [0, 0.1) is 0 Å². The van der Waals surface area contributed by atoms with E-state index in [0.717, 1.165) is 52.8 Å². The summed E-state index contributed by atoms with van der Waals surface area (Å²) in [5, 5.41) is 8.98. The molecule has 1 fully saturated rings. The van der Waals surface area contributed by atoms with E-state index in [1.807, 2.05) is 30.3 Å². The summed E-state index contributed by atoms with van der Waals surface area (Å²) in [6.07, 6.45) is 3.71. The smallest absolute Gasteiger partial charge is 0.290 e. The second kappa shape index (κ2) is 9.19. The summed E-state index contributed by atoms with van der Waals surface area (Å²) >= 11 is 0. The molecule has 0 unspecified atom stereocenters. The fraction of sp³-hybridized carbons (Fsp3) is 0.333. The summed E-state index contributed by atoms with van der Waals surface area (Å²) in [5.74, 6) is 0.809. The lowest BCUT2D eigenvalue weighted by Gasteiger charge is -2.15. The van der Waals surface area contributed by atoms with Crippen molar-refractivity contribution in [3.05, 3.63) is 42.5 Å². The van der Waals surface area contributed by atoms with Gasteiger partial charge in [0.2, 0.25) is 0 Å². The number of pyridine rings is 1. The topological polar surface area (TPSA) is 88.7 Å². The molecule has 0 saturated carbocycles. The van der Waals surface area contributed by atoms with Crippen molar-refractivity contribution in [3.63, 3.8) is 0 Å². The molecule has 3 aromatic rings. The van der Waals surface area contributed by atoms with Crippen molar-refractivity contribution in [2.75, 3.05) is 32.0 Å². The van der Waals surface area contributed by atoms with Crippen molar-refractivity contribution in [1.82, 2.24) is 9.88 Å². The van der Waals surface area contributed by atoms with Gasteiger partial charge < -0.3 is 20.5 Å². The average molecular weight is 367 g/mol. The van der Waals surface area contributed by atoms with E-state index in [0.29, 0.717) is 0 Å². The standard InChI is InChI=1S/C20H23N3O.CH2O2/c21-18-13-16(24-11-5-10-23-8-3-4-9-23)14-20-17(18)12-15-6-1-2-7-19(15)22-20;2-1-3/h1-2,6-7,12-14H,3-5,8-11,21H2;1H,(H,2,3). The molecule has 1 aliphatic rings. The molecule has 0 atom stereocenters. The molecule has 142 valence electrons. The van der Waals surface area contributed by atoms with Crippen LogP contribution in [0.3, 0.4) is 0 Å². The largest absolute Gasteiger partial charge is 0.493 e. The molecule has 0 bridgehead atoms. The maximum Gasteiger partial charge on any atom is 0.290 e. The highest BCUT2D eigenvalue weighted by Gasteiger charge is 2.11. The first-order chi connectivity index (χ1) is 13.2. The molecule has 0 aliphatic carbocycles. The van der Waals surface area contributed by atoms with Crippen molar-refractivity contribution in [2.24, 2.45) is 0 Å². The van der Waals surface area contributed by atoms with E-state index in [4.69, 9.17) is 25.4 Å². The Hall–Kier alpha value is -2.86. The second-order valence-electron chi connectivity index (χ2n) is 6.62. The van der Waals surface area contributed by atoms with Crippen molar-refractivity contribution in [2.45, 2.75) is 19.3 Å². The number of nitrogen functional groups attached to an aromatic ring is 1. The van der Waals surface area contributed by atoms with Gasteiger partial charge in [0.1, 0.15) is 5.75 Å². The number of anilines is 1. The van der Waals surface area contributed by atoms with E-state index in [-0.39, 0.29) is 6.47 Å². The Bertz CT molecular complexity index is 908. The molecule has 6 nitrogen and oxygen atoms in total.